The number of likely N-dealkylation sites (tertiary alicyclic amines) is 1. The highest BCUT2D eigenvalue weighted by atomic mass is 32.1. The fourth-order valence-electron chi connectivity index (χ4n) is 4.40. The molecule has 1 unspecified atom stereocenters. The van der Waals surface area contributed by atoms with Crippen LogP contribution in [0, 0.1) is 12.8 Å². The molecule has 0 saturated carbocycles. The molecule has 9 heteroatoms. The molecule has 3 heterocycles. The molecule has 1 saturated heterocycles. The molecule has 2 aromatic heterocycles. The first-order valence-corrected chi connectivity index (χ1v) is 12.0. The maximum Gasteiger partial charge on any atom is 0.183 e. The molecule has 0 radical (unpaired) electrons. The lowest BCUT2D eigenvalue weighted by molar-refractivity contribution is 0.191. The molecule has 0 aliphatic carbocycles. The molecule has 3 aromatic rings. The van der Waals surface area contributed by atoms with Crippen molar-refractivity contribution in [1.29, 1.82) is 0 Å². The molecule has 8 nitrogen and oxygen atoms in total. The zero-order chi connectivity index (χ0) is 23.4. The van der Waals surface area contributed by atoms with Gasteiger partial charge in [0.05, 0.1) is 37.5 Å². The number of methoxy groups -OCH3 is 3. The van der Waals surface area contributed by atoms with Crippen LogP contribution in [-0.4, -0.2) is 61.1 Å². The van der Waals surface area contributed by atoms with E-state index in [0.717, 1.165) is 40.0 Å². The third-order valence-corrected chi connectivity index (χ3v) is 7.21. The molecular weight excluding hydrogens is 438 g/mol. The molecule has 33 heavy (non-hydrogen) atoms. The average Bonchev–Trinajstić information content (AvgIpc) is 3.42. The zero-order valence-electron chi connectivity index (χ0n) is 20.1. The van der Waals surface area contributed by atoms with Gasteiger partial charge in [0, 0.05) is 38.0 Å². The summed E-state index contributed by atoms with van der Waals surface area (Å²) >= 11 is 1.61. The van der Waals surface area contributed by atoms with Crippen molar-refractivity contribution in [2.24, 2.45) is 5.92 Å². The van der Waals surface area contributed by atoms with E-state index in [1.54, 1.807) is 32.7 Å². The lowest BCUT2D eigenvalue weighted by atomic mass is 9.99. The van der Waals surface area contributed by atoms with Gasteiger partial charge in [0.25, 0.3) is 0 Å². The standard InChI is InChI=1S/C24H33N5O3S/c1-16-23(20-8-10-29(27-20)15-17-7-6-9-28(2)14-17)33-24(26-16)25-13-19-21(31-4)11-18(30-3)12-22(19)32-5/h8,10-12,17H,6-7,9,13-15H2,1-5H3,(H,25,26). The normalized spacial score (nSPS) is 16.6. The summed E-state index contributed by atoms with van der Waals surface area (Å²) in [4.78, 5) is 8.23. The number of hydrogen-bond acceptors (Lipinski definition) is 8. The maximum atomic E-state index is 5.56. The fourth-order valence-corrected chi connectivity index (χ4v) is 5.32. The number of aryl methyl sites for hydroxylation is 1. The third-order valence-electron chi connectivity index (χ3n) is 6.07. The van der Waals surface area contributed by atoms with Crippen LogP contribution in [0.1, 0.15) is 24.1 Å². The number of nitrogens with zero attached hydrogens (tertiary/aromatic N) is 4. The largest absolute Gasteiger partial charge is 0.496 e. The number of hydrogen-bond donors (Lipinski definition) is 1. The number of aromatic nitrogens is 3. The lowest BCUT2D eigenvalue weighted by Gasteiger charge is -2.29. The summed E-state index contributed by atoms with van der Waals surface area (Å²) < 4.78 is 18.5. The minimum atomic E-state index is 0.520. The van der Waals surface area contributed by atoms with E-state index in [1.807, 2.05) is 19.1 Å². The maximum absolute atomic E-state index is 5.56. The Hall–Kier alpha value is -2.78. The van der Waals surface area contributed by atoms with Crippen molar-refractivity contribution in [3.05, 3.63) is 35.7 Å². The van der Waals surface area contributed by atoms with E-state index in [1.165, 1.54) is 19.4 Å². The molecule has 1 aliphatic heterocycles. The van der Waals surface area contributed by atoms with E-state index in [-0.39, 0.29) is 0 Å². The highest BCUT2D eigenvalue weighted by molar-refractivity contribution is 7.19. The van der Waals surface area contributed by atoms with Gasteiger partial charge in [-0.3, -0.25) is 4.68 Å². The Labute approximate surface area is 199 Å². The van der Waals surface area contributed by atoms with Crippen molar-refractivity contribution >= 4 is 16.5 Å². The van der Waals surface area contributed by atoms with Gasteiger partial charge in [-0.25, -0.2) is 4.98 Å². The van der Waals surface area contributed by atoms with Gasteiger partial charge in [-0.1, -0.05) is 11.3 Å². The minimum absolute atomic E-state index is 0.520. The molecule has 4 rings (SSSR count). The highest BCUT2D eigenvalue weighted by Gasteiger charge is 2.19. The van der Waals surface area contributed by atoms with Crippen LogP contribution in [0.5, 0.6) is 17.2 Å². The van der Waals surface area contributed by atoms with E-state index < -0.39 is 0 Å². The predicted molar refractivity (Wildman–Crippen MR) is 132 cm³/mol. The molecule has 0 amide bonds. The summed E-state index contributed by atoms with van der Waals surface area (Å²) in [5.74, 6) is 2.76. The van der Waals surface area contributed by atoms with Gasteiger partial charge >= 0.3 is 0 Å². The summed E-state index contributed by atoms with van der Waals surface area (Å²) in [7, 11) is 7.12. The van der Waals surface area contributed by atoms with E-state index >= 15 is 0 Å². The number of thiazole rings is 1. The molecule has 1 atom stereocenters. The van der Waals surface area contributed by atoms with Crippen molar-refractivity contribution in [2.75, 3.05) is 46.8 Å². The number of anilines is 1. The van der Waals surface area contributed by atoms with E-state index in [4.69, 9.17) is 24.3 Å². The van der Waals surface area contributed by atoms with Crippen LogP contribution in [0.25, 0.3) is 10.6 Å². The molecule has 178 valence electrons. The third kappa shape index (κ3) is 5.42. The Bertz CT molecular complexity index is 1050. The van der Waals surface area contributed by atoms with E-state index in [2.05, 4.69) is 34.2 Å². The number of rotatable bonds is 9. The molecular formula is C24H33N5O3S. The highest BCUT2D eigenvalue weighted by Crippen LogP contribution is 2.36. The van der Waals surface area contributed by atoms with Crippen LogP contribution in [0.2, 0.25) is 0 Å². The van der Waals surface area contributed by atoms with Crippen LogP contribution in [0.4, 0.5) is 5.13 Å². The molecule has 1 aromatic carbocycles. The van der Waals surface area contributed by atoms with E-state index in [9.17, 15) is 0 Å². The van der Waals surface area contributed by atoms with Gasteiger partial charge < -0.3 is 24.4 Å². The topological polar surface area (TPSA) is 73.7 Å². The summed E-state index contributed by atoms with van der Waals surface area (Å²) in [5.41, 5.74) is 2.86. The Kier molecular flexibility index (Phi) is 7.39. The average molecular weight is 472 g/mol. The zero-order valence-corrected chi connectivity index (χ0v) is 20.9. The number of piperidine rings is 1. The summed E-state index contributed by atoms with van der Waals surface area (Å²) in [6, 6.07) is 5.80. The van der Waals surface area contributed by atoms with Gasteiger partial charge in [0.15, 0.2) is 5.13 Å². The van der Waals surface area contributed by atoms with Crippen molar-refractivity contribution < 1.29 is 14.2 Å². The van der Waals surface area contributed by atoms with Crippen LogP contribution in [0.3, 0.4) is 0 Å². The summed E-state index contributed by atoms with van der Waals surface area (Å²) in [6.45, 7) is 5.85. The summed E-state index contributed by atoms with van der Waals surface area (Å²) in [5, 5.41) is 9.11. The second-order valence-corrected chi connectivity index (χ2v) is 9.49. The summed E-state index contributed by atoms with van der Waals surface area (Å²) in [6.07, 6.45) is 4.62. The van der Waals surface area contributed by atoms with Gasteiger partial charge in [0.2, 0.25) is 0 Å². The monoisotopic (exact) mass is 471 g/mol. The molecule has 0 bridgehead atoms. The van der Waals surface area contributed by atoms with E-state index in [0.29, 0.717) is 29.7 Å². The predicted octanol–water partition coefficient (Wildman–Crippen LogP) is 4.29. The molecule has 0 spiro atoms. The molecule has 1 N–H and O–H groups in total. The fraction of sp³-hybridized carbons (Fsp3) is 0.500. The smallest absolute Gasteiger partial charge is 0.183 e. The Morgan fingerprint density at radius 3 is 2.58 bits per heavy atom. The minimum Gasteiger partial charge on any atom is -0.496 e. The lowest BCUT2D eigenvalue weighted by Crippen LogP contribution is -2.34. The Morgan fingerprint density at radius 1 is 1.15 bits per heavy atom. The molecule has 1 aliphatic rings. The van der Waals surface area contributed by atoms with Crippen molar-refractivity contribution in [3.8, 4) is 27.8 Å². The first-order chi connectivity index (χ1) is 16.0. The first-order valence-electron chi connectivity index (χ1n) is 11.2. The number of ether oxygens (including phenoxy) is 3. The van der Waals surface area contributed by atoms with Gasteiger partial charge in [-0.05, 0) is 45.3 Å². The van der Waals surface area contributed by atoms with Crippen molar-refractivity contribution in [3.63, 3.8) is 0 Å². The second kappa shape index (κ2) is 10.4. The van der Waals surface area contributed by atoms with Crippen LogP contribution < -0.4 is 19.5 Å². The van der Waals surface area contributed by atoms with Crippen molar-refractivity contribution in [1.82, 2.24) is 19.7 Å². The van der Waals surface area contributed by atoms with Crippen molar-refractivity contribution in [2.45, 2.75) is 32.9 Å². The van der Waals surface area contributed by atoms with Crippen LogP contribution in [-0.2, 0) is 13.1 Å². The van der Waals surface area contributed by atoms with Gasteiger partial charge in [0.1, 0.15) is 22.9 Å². The Morgan fingerprint density at radius 2 is 1.91 bits per heavy atom. The van der Waals surface area contributed by atoms with Gasteiger partial charge in [-0.15, -0.1) is 0 Å². The van der Waals surface area contributed by atoms with Crippen LogP contribution in [0.15, 0.2) is 24.4 Å². The second-order valence-electron chi connectivity index (χ2n) is 8.49. The number of benzene rings is 1. The Balaban J connectivity index is 1.46. The van der Waals surface area contributed by atoms with Gasteiger partial charge in [-0.2, -0.15) is 5.10 Å². The SMILES string of the molecule is COc1cc(OC)c(CNc2nc(C)c(-c3ccn(CC4CCCN(C)C4)n3)s2)c(OC)c1. The first kappa shape index (κ1) is 23.4. The number of nitrogens with one attached hydrogen (secondary N) is 1. The van der Waals surface area contributed by atoms with Crippen LogP contribution >= 0.6 is 11.3 Å². The molecule has 1 fully saturated rings. The quantitative estimate of drug-likeness (QED) is 0.499.